The van der Waals surface area contributed by atoms with Crippen LogP contribution in [-0.4, -0.2) is 124 Å². The zero-order chi connectivity index (χ0) is 48.3. The van der Waals surface area contributed by atoms with Gasteiger partial charge in [-0.3, -0.25) is 38.6 Å². The molecule has 4 aliphatic rings. The van der Waals surface area contributed by atoms with Gasteiger partial charge in [-0.25, -0.2) is 14.2 Å². The number of fused-ring (bicyclic) bond motifs is 2. The summed E-state index contributed by atoms with van der Waals surface area (Å²) >= 11 is 6.83. The molecule has 68 heavy (non-hydrogen) atoms. The summed E-state index contributed by atoms with van der Waals surface area (Å²) in [6.07, 6.45) is 3.81. The Morgan fingerprint density at radius 3 is 2.54 bits per heavy atom. The minimum absolute atomic E-state index is 0.0239. The molecule has 2 aromatic heterocycles. The number of piperidine rings is 2. The van der Waals surface area contributed by atoms with Crippen LogP contribution in [0.1, 0.15) is 63.5 Å². The number of aryl methyl sites for hydroxylation is 1. The van der Waals surface area contributed by atoms with Crippen molar-refractivity contribution in [3.8, 4) is 17.6 Å². The molecule has 0 saturated carbocycles. The van der Waals surface area contributed by atoms with Gasteiger partial charge >= 0.3 is 16.2 Å². The van der Waals surface area contributed by atoms with Gasteiger partial charge in [0.15, 0.2) is 17.4 Å². The number of anilines is 3. The van der Waals surface area contributed by atoms with Gasteiger partial charge in [-0.1, -0.05) is 18.5 Å². The maximum absolute atomic E-state index is 15.2. The molecule has 1 spiro atoms. The van der Waals surface area contributed by atoms with E-state index in [4.69, 9.17) is 21.1 Å². The second-order valence-corrected chi connectivity index (χ2v) is 20.0. The molecular formula is C45H49ClFN11O9S. The van der Waals surface area contributed by atoms with Crippen molar-refractivity contribution < 1.29 is 41.8 Å². The number of hydrogen-bond donors (Lipinski definition) is 3. The summed E-state index contributed by atoms with van der Waals surface area (Å²) in [7, 11) is -0.927. The van der Waals surface area contributed by atoms with E-state index in [9.17, 15) is 38.0 Å². The van der Waals surface area contributed by atoms with Crippen molar-refractivity contribution in [3.05, 3.63) is 75.5 Å². The van der Waals surface area contributed by atoms with Gasteiger partial charge in [-0.05, 0) is 74.6 Å². The smallest absolute Gasteiger partial charge is 0.329 e. The summed E-state index contributed by atoms with van der Waals surface area (Å²) in [4.78, 5) is 61.7. The number of aromatic nitrogens is 4. The lowest BCUT2D eigenvalue weighted by Crippen LogP contribution is -2.51. The molecule has 1 atom stereocenters. The summed E-state index contributed by atoms with van der Waals surface area (Å²) in [5.41, 5.74) is -0.915. The lowest BCUT2D eigenvalue weighted by Gasteiger charge is -2.42. The molecule has 20 nitrogen and oxygen atoms in total. The Hall–Kier alpha value is -6.38. The Morgan fingerprint density at radius 2 is 1.84 bits per heavy atom. The second kappa shape index (κ2) is 17.9. The highest BCUT2D eigenvalue weighted by Gasteiger charge is 2.45. The number of benzene rings is 3. The lowest BCUT2D eigenvalue weighted by molar-refractivity contribution is -0.142. The predicted molar refractivity (Wildman–Crippen MR) is 248 cm³/mol. The van der Waals surface area contributed by atoms with E-state index in [1.54, 1.807) is 29.6 Å². The number of hydrogen-bond acceptors (Lipinski definition) is 13. The van der Waals surface area contributed by atoms with Crippen LogP contribution in [0, 0.1) is 17.1 Å². The van der Waals surface area contributed by atoms with Gasteiger partial charge in [0.25, 0.3) is 5.56 Å². The number of aliphatic hydroxyl groups is 1. The molecule has 3 aromatic carbocycles. The van der Waals surface area contributed by atoms with Gasteiger partial charge in [-0.15, -0.1) is 0 Å². The number of nitrogens with one attached hydrogen (secondary N) is 2. The standard InChI is InChI=1S/C45H49ClFN11O9S/c1-4-53(2)68(64,65)52-35-8-6-33(47)40(31(35)24-48)67-28-5-7-34-29(19-28)42(61)58(26-49-34)27-22-45(66-25-27)12-17-56(18-13-45)39(60)23-44(63)10-15-55(16-11-44)37-21-36-30(20-32(37)46)41(51-54(36)3)57-14-9-38(59)50-43(57)62/h5-8,19-21,26-27,52,63H,4,9-18,22-23,25H2,1-3H3,(H,50,59,62)/t27-/m1/s1. The molecule has 4 saturated heterocycles. The van der Waals surface area contributed by atoms with Gasteiger partial charge in [0.1, 0.15) is 17.4 Å². The highest BCUT2D eigenvalue weighted by Crippen LogP contribution is 2.42. The van der Waals surface area contributed by atoms with Crippen LogP contribution in [0.25, 0.3) is 21.8 Å². The van der Waals surface area contributed by atoms with Gasteiger partial charge in [0, 0.05) is 65.2 Å². The molecule has 4 aliphatic heterocycles. The van der Waals surface area contributed by atoms with Crippen molar-refractivity contribution in [1.82, 2.24) is 33.9 Å². The predicted octanol–water partition coefficient (Wildman–Crippen LogP) is 4.54. The Morgan fingerprint density at radius 1 is 1.09 bits per heavy atom. The monoisotopic (exact) mass is 973 g/mol. The number of halogens is 2. The summed E-state index contributed by atoms with van der Waals surface area (Å²) in [6, 6.07) is 11.1. The molecule has 9 rings (SSSR count). The first kappa shape index (κ1) is 46.7. The molecule has 4 fully saturated rings. The number of rotatable bonds is 11. The Balaban J connectivity index is 0.813. The summed E-state index contributed by atoms with van der Waals surface area (Å²) in [6.45, 7) is 3.94. The number of nitrogens with zero attached hydrogens (tertiary/aromatic N) is 9. The van der Waals surface area contributed by atoms with Crippen LogP contribution in [0.15, 0.2) is 53.6 Å². The molecule has 5 aromatic rings. The van der Waals surface area contributed by atoms with E-state index in [0.29, 0.717) is 80.0 Å². The summed E-state index contributed by atoms with van der Waals surface area (Å²) in [5.74, 6) is -1.50. The number of amides is 4. The number of urea groups is 1. The fourth-order valence-corrected chi connectivity index (χ4v) is 10.7. The van der Waals surface area contributed by atoms with E-state index in [2.05, 4.69) is 25.0 Å². The Labute approximate surface area is 394 Å². The fraction of sp³-hybridized carbons (Fsp3) is 0.444. The molecule has 0 aliphatic carbocycles. The number of nitriles is 1. The van der Waals surface area contributed by atoms with E-state index in [1.165, 1.54) is 41.0 Å². The third-order valence-electron chi connectivity index (χ3n) is 13.6. The minimum Gasteiger partial charge on any atom is -0.453 e. The van der Waals surface area contributed by atoms with Gasteiger partial charge < -0.3 is 24.4 Å². The van der Waals surface area contributed by atoms with E-state index >= 15 is 4.39 Å². The zero-order valence-corrected chi connectivity index (χ0v) is 39.1. The molecular weight excluding hydrogens is 925 g/mol. The van der Waals surface area contributed by atoms with Crippen LogP contribution >= 0.6 is 11.6 Å². The number of likely N-dealkylation sites (tertiary alicyclic amines) is 1. The second-order valence-electron chi connectivity index (χ2n) is 17.8. The summed E-state index contributed by atoms with van der Waals surface area (Å²) in [5, 5.41) is 29.8. The van der Waals surface area contributed by atoms with E-state index in [1.807, 2.05) is 12.1 Å². The first-order valence-corrected chi connectivity index (χ1v) is 24.0. The average molecular weight is 974 g/mol. The third-order valence-corrected chi connectivity index (χ3v) is 15.5. The van der Waals surface area contributed by atoms with E-state index in [0.717, 1.165) is 27.6 Å². The highest BCUT2D eigenvalue weighted by atomic mass is 35.5. The molecule has 3 N–H and O–H groups in total. The van der Waals surface area contributed by atoms with Crippen molar-refractivity contribution in [2.24, 2.45) is 7.05 Å². The quantitative estimate of drug-likeness (QED) is 0.165. The number of carbonyl (C=O) groups excluding carboxylic acids is 3. The molecule has 0 radical (unpaired) electrons. The SMILES string of the molecule is CCN(C)S(=O)(=O)Nc1ccc(F)c(Oc2ccc3ncn([C@H]4COC5(CCN(C(=O)CC6(O)CCN(c7cc8c(cc7Cl)c(N7CCC(=O)NC7=O)nn8C)CC6)CC5)C4)c(=O)c3c2)c1C#N. The van der Waals surface area contributed by atoms with Crippen LogP contribution in [0.5, 0.6) is 11.5 Å². The maximum Gasteiger partial charge on any atom is 0.329 e. The van der Waals surface area contributed by atoms with Crippen LogP contribution in [-0.2, 0) is 31.6 Å². The molecule has 4 amide bonds. The molecule has 0 unspecified atom stereocenters. The van der Waals surface area contributed by atoms with Gasteiger partial charge in [0.05, 0.1) is 69.4 Å². The minimum atomic E-state index is -4.04. The molecule has 23 heteroatoms. The third kappa shape index (κ3) is 8.80. The average Bonchev–Trinajstić information content (AvgIpc) is 3.86. The maximum atomic E-state index is 15.2. The fourth-order valence-electron chi connectivity index (χ4n) is 9.50. The number of carbonyl (C=O) groups is 3. The topological polar surface area (TPSA) is 238 Å². The molecule has 6 heterocycles. The van der Waals surface area contributed by atoms with Crippen molar-refractivity contribution in [2.45, 2.75) is 69.1 Å². The number of imide groups is 1. The largest absolute Gasteiger partial charge is 0.453 e. The van der Waals surface area contributed by atoms with Crippen LogP contribution < -0.4 is 30.1 Å². The first-order chi connectivity index (χ1) is 32.4. The van der Waals surface area contributed by atoms with Crippen molar-refractivity contribution in [3.63, 3.8) is 0 Å². The van der Waals surface area contributed by atoms with Crippen LogP contribution in [0.2, 0.25) is 5.02 Å². The van der Waals surface area contributed by atoms with Crippen molar-refractivity contribution >= 4 is 78.7 Å². The highest BCUT2D eigenvalue weighted by molar-refractivity contribution is 7.90. The first-order valence-electron chi connectivity index (χ1n) is 22.2. The van der Waals surface area contributed by atoms with Crippen molar-refractivity contribution in [2.75, 3.05) is 67.4 Å². The number of ether oxygens (including phenoxy) is 2. The molecule has 358 valence electrons. The van der Waals surface area contributed by atoms with Gasteiger partial charge in [0.2, 0.25) is 11.8 Å². The Bertz CT molecular complexity index is 3090. The lowest BCUT2D eigenvalue weighted by atomic mass is 9.85. The van der Waals surface area contributed by atoms with Gasteiger partial charge in [-0.2, -0.15) is 23.1 Å². The normalized spacial score (nSPS) is 19.5. The molecule has 0 bridgehead atoms. The Kier molecular flexibility index (Phi) is 12.3. The zero-order valence-electron chi connectivity index (χ0n) is 37.5. The van der Waals surface area contributed by atoms with E-state index < -0.39 is 39.0 Å². The van der Waals surface area contributed by atoms with Crippen molar-refractivity contribution in [1.29, 1.82) is 5.26 Å². The summed E-state index contributed by atoms with van der Waals surface area (Å²) < 4.78 is 59.2. The van der Waals surface area contributed by atoms with Crippen LogP contribution in [0.4, 0.5) is 26.4 Å². The van der Waals surface area contributed by atoms with Crippen LogP contribution in [0.3, 0.4) is 0 Å². The van der Waals surface area contributed by atoms with E-state index in [-0.39, 0.29) is 78.3 Å².